The molecule has 0 saturated carbocycles. The minimum absolute atomic E-state index is 0.121. The molecule has 1 aromatic heterocycles. The molecule has 0 aliphatic rings. The molecule has 0 aliphatic carbocycles. The van der Waals surface area contributed by atoms with Crippen molar-refractivity contribution >= 4 is 22.4 Å². The highest BCUT2D eigenvalue weighted by Crippen LogP contribution is 2.22. The number of rotatable bonds is 3. The summed E-state index contributed by atoms with van der Waals surface area (Å²) in [5.74, 6) is 0.353. The van der Waals surface area contributed by atoms with E-state index in [-0.39, 0.29) is 5.69 Å². The summed E-state index contributed by atoms with van der Waals surface area (Å²) in [5, 5.41) is 25.0. The fraction of sp³-hybridized carbons (Fsp3) is 0.300. The molecule has 1 aromatic carbocycles. The third-order valence-corrected chi connectivity index (χ3v) is 2.45. The molecule has 0 aliphatic heterocycles. The van der Waals surface area contributed by atoms with E-state index in [1.165, 1.54) is 12.1 Å². The number of anilines is 1. The molecular formula is C10H13N4O2-. The topological polar surface area (TPSA) is 94.4 Å². The highest BCUT2D eigenvalue weighted by atomic mass is 16.8. The lowest BCUT2D eigenvalue weighted by molar-refractivity contribution is -0.715. The smallest absolute Gasteiger partial charge is 0.153 e. The van der Waals surface area contributed by atoms with E-state index >= 15 is 0 Å². The van der Waals surface area contributed by atoms with E-state index in [1.54, 1.807) is 10.7 Å². The second-order valence-electron chi connectivity index (χ2n) is 3.63. The molecule has 16 heavy (non-hydrogen) atoms. The zero-order valence-corrected chi connectivity index (χ0v) is 8.93. The summed E-state index contributed by atoms with van der Waals surface area (Å²) >= 11 is 0. The first kappa shape index (κ1) is 10.9. The number of hydrogen-bond acceptors (Lipinski definition) is 4. The van der Waals surface area contributed by atoms with Gasteiger partial charge in [0.05, 0.1) is 5.52 Å². The number of nitrogens with zero attached hydrogens (tertiary/aromatic N) is 2. The fourth-order valence-electron chi connectivity index (χ4n) is 1.71. The Labute approximate surface area is 92.4 Å². The predicted molar refractivity (Wildman–Crippen MR) is 61.8 cm³/mol. The third-order valence-electron chi connectivity index (χ3n) is 2.45. The number of quaternary nitrogens is 1. The molecule has 0 radical (unpaired) electrons. The summed E-state index contributed by atoms with van der Waals surface area (Å²) in [5.41, 5.74) is 6.70. The average molecular weight is 221 g/mol. The van der Waals surface area contributed by atoms with E-state index in [9.17, 15) is 10.4 Å². The standard InChI is InChI=1S/C10H13N4O2/c1-2-5-13-9-4-3-7(14(15)16)6-8(9)10(11)12-13/h3-4,6,14H,2,5H2,1H3,(H2,11,12)/q-1. The maximum absolute atomic E-state index is 10.7. The molecule has 2 rings (SSSR count). The molecule has 0 amide bonds. The van der Waals surface area contributed by atoms with Gasteiger partial charge in [-0.15, -0.1) is 0 Å². The molecule has 1 heterocycles. The summed E-state index contributed by atoms with van der Waals surface area (Å²) in [6.07, 6.45) is 0.943. The molecule has 6 nitrogen and oxygen atoms in total. The second kappa shape index (κ2) is 4.09. The molecule has 2 aromatic rings. The van der Waals surface area contributed by atoms with Gasteiger partial charge in [0, 0.05) is 24.1 Å². The van der Waals surface area contributed by atoms with Crippen molar-refractivity contribution in [1.29, 1.82) is 0 Å². The van der Waals surface area contributed by atoms with E-state index in [2.05, 4.69) is 5.10 Å². The molecular weight excluding hydrogens is 208 g/mol. The fourth-order valence-corrected chi connectivity index (χ4v) is 1.71. The maximum atomic E-state index is 10.7. The van der Waals surface area contributed by atoms with Gasteiger partial charge in [0.1, 0.15) is 5.69 Å². The Morgan fingerprint density at radius 3 is 2.81 bits per heavy atom. The Morgan fingerprint density at radius 2 is 2.19 bits per heavy atom. The summed E-state index contributed by atoms with van der Waals surface area (Å²) < 4.78 is 1.78. The zero-order valence-electron chi connectivity index (χ0n) is 8.93. The van der Waals surface area contributed by atoms with Gasteiger partial charge in [-0.25, -0.2) is 0 Å². The Balaban J connectivity index is 2.57. The van der Waals surface area contributed by atoms with Gasteiger partial charge in [-0.3, -0.25) is 4.68 Å². The van der Waals surface area contributed by atoms with Crippen LogP contribution in [0.1, 0.15) is 13.3 Å². The molecule has 3 N–H and O–H groups in total. The van der Waals surface area contributed by atoms with Gasteiger partial charge in [0.25, 0.3) is 0 Å². The van der Waals surface area contributed by atoms with E-state index in [1.807, 2.05) is 6.92 Å². The number of nitrogen functional groups attached to an aromatic ring is 1. The number of benzene rings is 1. The molecule has 0 spiro atoms. The van der Waals surface area contributed by atoms with Gasteiger partial charge in [0.2, 0.25) is 0 Å². The van der Waals surface area contributed by atoms with Crippen LogP contribution >= 0.6 is 0 Å². The first-order valence-corrected chi connectivity index (χ1v) is 5.11. The number of aromatic nitrogens is 2. The largest absolute Gasteiger partial charge is 0.628 e. The van der Waals surface area contributed by atoms with E-state index in [0.29, 0.717) is 11.2 Å². The van der Waals surface area contributed by atoms with Crippen LogP contribution in [0.15, 0.2) is 18.2 Å². The van der Waals surface area contributed by atoms with Crippen molar-refractivity contribution in [3.63, 3.8) is 0 Å². The van der Waals surface area contributed by atoms with Gasteiger partial charge < -0.3 is 21.4 Å². The number of aryl methyl sites for hydroxylation is 1. The number of nitrogens with two attached hydrogens (primary N) is 1. The van der Waals surface area contributed by atoms with Crippen molar-refractivity contribution in [3.8, 4) is 0 Å². The van der Waals surface area contributed by atoms with Crippen LogP contribution in [0.4, 0.5) is 11.5 Å². The highest BCUT2D eigenvalue weighted by Gasteiger charge is 2.09. The number of hydrogen-bond donors (Lipinski definition) is 2. The summed E-state index contributed by atoms with van der Waals surface area (Å²) in [7, 11) is 0. The Bertz CT molecular complexity index is 507. The van der Waals surface area contributed by atoms with Crippen LogP contribution in [-0.4, -0.2) is 9.78 Å². The molecule has 0 fully saturated rings. The average Bonchev–Trinajstić information content (AvgIpc) is 2.56. The molecule has 0 unspecified atom stereocenters. The summed E-state index contributed by atoms with van der Waals surface area (Å²) in [4.78, 5) is 0. The monoisotopic (exact) mass is 221 g/mol. The lowest BCUT2D eigenvalue weighted by atomic mass is 10.2. The van der Waals surface area contributed by atoms with Crippen molar-refractivity contribution in [2.24, 2.45) is 0 Å². The minimum atomic E-state index is -1.20. The van der Waals surface area contributed by atoms with Crippen LogP contribution in [0.25, 0.3) is 10.9 Å². The SMILES string of the molecule is CCCn1nc(N)c2cc([NH+]([O-])[O-])ccc21. The molecule has 6 heteroatoms. The molecule has 0 atom stereocenters. The molecule has 0 bridgehead atoms. The van der Waals surface area contributed by atoms with Crippen molar-refractivity contribution in [3.05, 3.63) is 28.6 Å². The summed E-state index contributed by atoms with van der Waals surface area (Å²) in [6.45, 7) is 2.80. The highest BCUT2D eigenvalue weighted by molar-refractivity contribution is 5.90. The van der Waals surface area contributed by atoms with Gasteiger partial charge >= 0.3 is 0 Å². The van der Waals surface area contributed by atoms with Gasteiger partial charge in [-0.1, -0.05) is 6.92 Å². The lowest BCUT2D eigenvalue weighted by Gasteiger charge is -2.24. The van der Waals surface area contributed by atoms with E-state index < -0.39 is 5.23 Å². The molecule has 86 valence electrons. The Kier molecular flexibility index (Phi) is 2.78. The quantitative estimate of drug-likeness (QED) is 0.739. The lowest BCUT2D eigenvalue weighted by Crippen LogP contribution is -2.96. The van der Waals surface area contributed by atoms with Crippen LogP contribution in [0.3, 0.4) is 0 Å². The van der Waals surface area contributed by atoms with Crippen LogP contribution in [0, 0.1) is 10.4 Å². The number of nitrogens with one attached hydrogen (secondary N) is 1. The van der Waals surface area contributed by atoms with Gasteiger partial charge in [0.15, 0.2) is 5.82 Å². The van der Waals surface area contributed by atoms with Crippen molar-refractivity contribution in [2.75, 3.05) is 5.73 Å². The van der Waals surface area contributed by atoms with Crippen molar-refractivity contribution in [1.82, 2.24) is 9.78 Å². The van der Waals surface area contributed by atoms with Crippen molar-refractivity contribution < 1.29 is 5.23 Å². The molecule has 0 saturated heterocycles. The van der Waals surface area contributed by atoms with Crippen LogP contribution in [0.5, 0.6) is 0 Å². The second-order valence-corrected chi connectivity index (χ2v) is 3.63. The summed E-state index contributed by atoms with van der Waals surface area (Å²) in [6, 6.07) is 4.71. The van der Waals surface area contributed by atoms with Crippen LogP contribution in [-0.2, 0) is 6.54 Å². The van der Waals surface area contributed by atoms with Gasteiger partial charge in [-0.05, 0) is 12.5 Å². The van der Waals surface area contributed by atoms with Crippen molar-refractivity contribution in [2.45, 2.75) is 19.9 Å². The normalized spacial score (nSPS) is 11.5. The Morgan fingerprint density at radius 1 is 1.44 bits per heavy atom. The van der Waals surface area contributed by atoms with Gasteiger partial charge in [-0.2, -0.15) is 5.10 Å². The minimum Gasteiger partial charge on any atom is -0.628 e. The van der Waals surface area contributed by atoms with Crippen LogP contribution in [0.2, 0.25) is 0 Å². The van der Waals surface area contributed by atoms with E-state index in [4.69, 9.17) is 5.73 Å². The third kappa shape index (κ3) is 1.73. The van der Waals surface area contributed by atoms with Crippen LogP contribution < -0.4 is 11.0 Å². The van der Waals surface area contributed by atoms with E-state index in [0.717, 1.165) is 18.5 Å². The first-order valence-electron chi connectivity index (χ1n) is 5.11. The Hall–Kier alpha value is -1.63. The zero-order chi connectivity index (χ0) is 11.7. The number of fused-ring (bicyclic) bond motifs is 1. The first-order chi connectivity index (χ1) is 7.63. The predicted octanol–water partition coefficient (Wildman–Crippen LogP) is 0.541. The maximum Gasteiger partial charge on any atom is 0.153 e.